The minimum atomic E-state index is -4.48. The summed E-state index contributed by atoms with van der Waals surface area (Å²) in [5.41, 5.74) is 1.77. The number of hydrogen-bond donors (Lipinski definition) is 0. The number of ether oxygens (including phenoxy) is 1. The van der Waals surface area contributed by atoms with Crippen molar-refractivity contribution in [2.45, 2.75) is 17.1 Å². The van der Waals surface area contributed by atoms with E-state index in [4.69, 9.17) is 4.74 Å². The van der Waals surface area contributed by atoms with Gasteiger partial charge in [0.2, 0.25) is 0 Å². The van der Waals surface area contributed by atoms with Crippen molar-refractivity contribution in [2.75, 3.05) is 26.3 Å². The Hall–Kier alpha value is -3.70. The van der Waals surface area contributed by atoms with Crippen molar-refractivity contribution in [1.82, 2.24) is 24.6 Å². The molecule has 5 rings (SSSR count). The van der Waals surface area contributed by atoms with Gasteiger partial charge >= 0.3 is 6.18 Å². The van der Waals surface area contributed by atoms with Crippen LogP contribution in [-0.2, 0) is 16.7 Å². The predicted octanol–water partition coefficient (Wildman–Crippen LogP) is 5.11. The van der Waals surface area contributed by atoms with Crippen molar-refractivity contribution in [3.63, 3.8) is 0 Å². The lowest BCUT2D eigenvalue weighted by Crippen LogP contribution is -2.40. The summed E-state index contributed by atoms with van der Waals surface area (Å²) in [6.45, 7) is 2.21. The van der Waals surface area contributed by atoms with Crippen molar-refractivity contribution in [1.29, 1.82) is 0 Å². The Bertz CT molecular complexity index is 1370. The molecule has 1 saturated heterocycles. The fraction of sp³-hybridized carbons (Fsp3) is 0.231. The molecule has 3 heterocycles. The highest BCUT2D eigenvalue weighted by molar-refractivity contribution is 7.98. The van der Waals surface area contributed by atoms with E-state index in [0.29, 0.717) is 59.9 Å². The van der Waals surface area contributed by atoms with Gasteiger partial charge in [-0.15, -0.1) is 10.2 Å². The van der Waals surface area contributed by atoms with Gasteiger partial charge in [0, 0.05) is 42.4 Å². The quantitative estimate of drug-likeness (QED) is 0.326. The Balaban J connectivity index is 1.40. The molecule has 1 aliphatic rings. The number of halogens is 3. The average molecular weight is 526 g/mol. The number of nitrogens with zero attached hydrogens (tertiary/aromatic N) is 5. The molecule has 7 nitrogen and oxygen atoms in total. The number of rotatable bonds is 6. The molecular weight excluding hydrogens is 503 g/mol. The highest BCUT2D eigenvalue weighted by atomic mass is 32.2. The van der Waals surface area contributed by atoms with Crippen molar-refractivity contribution in [3.8, 4) is 17.1 Å². The number of aromatic nitrogens is 4. The Morgan fingerprint density at radius 1 is 0.973 bits per heavy atom. The van der Waals surface area contributed by atoms with Crippen LogP contribution in [0.15, 0.2) is 78.2 Å². The standard InChI is InChI=1S/C26H22F3N5O2S/c27-26(28,29)21-2-1-3-22(16-21)34-23(19-8-10-30-11-9-19)31-32-25(34)37-17-18-4-6-20(7-5-18)24(35)33-12-14-36-15-13-33/h1-11,16H,12-15,17H2. The first-order chi connectivity index (χ1) is 17.9. The maximum Gasteiger partial charge on any atom is 0.416 e. The molecule has 0 aliphatic carbocycles. The van der Waals surface area contributed by atoms with Gasteiger partial charge in [0.25, 0.3) is 5.91 Å². The van der Waals surface area contributed by atoms with Gasteiger partial charge < -0.3 is 9.64 Å². The number of pyridine rings is 1. The van der Waals surface area contributed by atoms with Crippen LogP contribution in [0.4, 0.5) is 13.2 Å². The fourth-order valence-corrected chi connectivity index (χ4v) is 4.85. The summed E-state index contributed by atoms with van der Waals surface area (Å²) >= 11 is 1.35. The molecule has 1 aliphatic heterocycles. The summed E-state index contributed by atoms with van der Waals surface area (Å²) in [7, 11) is 0. The van der Waals surface area contributed by atoms with Crippen LogP contribution in [0.5, 0.6) is 0 Å². The number of alkyl halides is 3. The normalized spacial score (nSPS) is 14.1. The second-order valence-electron chi connectivity index (χ2n) is 8.32. The molecular formula is C26H22F3N5O2S. The Kier molecular flexibility index (Phi) is 7.24. The second-order valence-corrected chi connectivity index (χ2v) is 9.26. The number of carbonyl (C=O) groups excluding carboxylic acids is 1. The average Bonchev–Trinajstić information content (AvgIpc) is 3.36. The number of amides is 1. The maximum atomic E-state index is 13.4. The van der Waals surface area contributed by atoms with Crippen molar-refractivity contribution in [3.05, 3.63) is 89.7 Å². The third kappa shape index (κ3) is 5.67. The maximum absolute atomic E-state index is 13.4. The van der Waals surface area contributed by atoms with E-state index in [1.54, 1.807) is 52.2 Å². The molecule has 0 bridgehead atoms. The van der Waals surface area contributed by atoms with Crippen LogP contribution >= 0.6 is 11.8 Å². The summed E-state index contributed by atoms with van der Waals surface area (Å²) in [6.07, 6.45) is -1.30. The first-order valence-electron chi connectivity index (χ1n) is 11.5. The zero-order chi connectivity index (χ0) is 25.8. The molecule has 0 radical (unpaired) electrons. The molecule has 1 amide bonds. The van der Waals surface area contributed by atoms with Crippen molar-refractivity contribution in [2.24, 2.45) is 0 Å². The smallest absolute Gasteiger partial charge is 0.378 e. The number of thioether (sulfide) groups is 1. The summed E-state index contributed by atoms with van der Waals surface area (Å²) < 4.78 is 47.2. The lowest BCUT2D eigenvalue weighted by Gasteiger charge is -2.26. The zero-order valence-electron chi connectivity index (χ0n) is 19.6. The van der Waals surface area contributed by atoms with E-state index in [0.717, 1.165) is 17.7 Å². The van der Waals surface area contributed by atoms with Crippen LogP contribution < -0.4 is 0 Å². The molecule has 0 N–H and O–H groups in total. The first kappa shape index (κ1) is 25.0. The van der Waals surface area contributed by atoms with Gasteiger partial charge in [-0.1, -0.05) is 30.0 Å². The molecule has 2 aromatic heterocycles. The Morgan fingerprint density at radius 2 is 1.70 bits per heavy atom. The molecule has 0 atom stereocenters. The zero-order valence-corrected chi connectivity index (χ0v) is 20.4. The van der Waals surface area contributed by atoms with Gasteiger partial charge in [-0.2, -0.15) is 13.2 Å². The summed E-state index contributed by atoms with van der Waals surface area (Å²) in [4.78, 5) is 18.5. The van der Waals surface area contributed by atoms with Crippen LogP contribution in [-0.4, -0.2) is 56.9 Å². The third-order valence-corrected chi connectivity index (χ3v) is 6.87. The van der Waals surface area contributed by atoms with Gasteiger partial charge in [0.15, 0.2) is 11.0 Å². The highest BCUT2D eigenvalue weighted by Crippen LogP contribution is 2.34. The molecule has 0 spiro atoms. The molecule has 0 unspecified atom stereocenters. The van der Waals surface area contributed by atoms with Crippen LogP contribution in [0, 0.1) is 0 Å². The molecule has 4 aromatic rings. The van der Waals surface area contributed by atoms with Crippen molar-refractivity contribution < 1.29 is 22.7 Å². The minimum Gasteiger partial charge on any atom is -0.378 e. The number of carbonyl (C=O) groups is 1. The van der Waals surface area contributed by atoms with E-state index in [1.165, 1.54) is 17.8 Å². The Labute approximate surface area is 215 Å². The summed E-state index contributed by atoms with van der Waals surface area (Å²) in [5.74, 6) is 0.865. The Morgan fingerprint density at radius 3 is 2.41 bits per heavy atom. The second kappa shape index (κ2) is 10.7. The van der Waals surface area contributed by atoms with Gasteiger partial charge in [-0.3, -0.25) is 14.3 Å². The van der Waals surface area contributed by atoms with E-state index in [-0.39, 0.29) is 5.91 Å². The molecule has 37 heavy (non-hydrogen) atoms. The lowest BCUT2D eigenvalue weighted by atomic mass is 10.1. The minimum absolute atomic E-state index is 0.0335. The molecule has 0 saturated carbocycles. The summed E-state index contributed by atoms with van der Waals surface area (Å²) in [5, 5.41) is 9.01. The molecule has 11 heteroatoms. The van der Waals surface area contributed by atoms with Gasteiger partial charge in [0.05, 0.1) is 24.5 Å². The van der Waals surface area contributed by atoms with Crippen molar-refractivity contribution >= 4 is 17.7 Å². The fourth-order valence-electron chi connectivity index (χ4n) is 3.95. The third-order valence-electron chi connectivity index (χ3n) is 5.87. The SMILES string of the molecule is O=C(c1ccc(CSc2nnc(-c3ccncc3)n2-c2cccc(C(F)(F)F)c2)cc1)N1CCOCC1. The number of hydrogen-bond acceptors (Lipinski definition) is 6. The van der Waals surface area contributed by atoms with E-state index in [1.807, 2.05) is 12.1 Å². The van der Waals surface area contributed by atoms with E-state index in [9.17, 15) is 18.0 Å². The molecule has 2 aromatic carbocycles. The van der Waals surface area contributed by atoms with Crippen LogP contribution in [0.1, 0.15) is 21.5 Å². The van der Waals surface area contributed by atoms with Gasteiger partial charge in [-0.05, 0) is 48.0 Å². The lowest BCUT2D eigenvalue weighted by molar-refractivity contribution is -0.137. The predicted molar refractivity (Wildman–Crippen MR) is 132 cm³/mol. The number of morpholine rings is 1. The highest BCUT2D eigenvalue weighted by Gasteiger charge is 2.31. The van der Waals surface area contributed by atoms with Gasteiger partial charge in [0.1, 0.15) is 0 Å². The van der Waals surface area contributed by atoms with Crippen LogP contribution in [0.2, 0.25) is 0 Å². The van der Waals surface area contributed by atoms with E-state index >= 15 is 0 Å². The van der Waals surface area contributed by atoms with E-state index < -0.39 is 11.7 Å². The first-order valence-corrected chi connectivity index (χ1v) is 12.5. The van der Waals surface area contributed by atoms with Gasteiger partial charge in [-0.25, -0.2) is 0 Å². The summed E-state index contributed by atoms with van der Waals surface area (Å²) in [6, 6.07) is 15.9. The molecule has 190 valence electrons. The largest absolute Gasteiger partial charge is 0.416 e. The van der Waals surface area contributed by atoms with Crippen LogP contribution in [0.3, 0.4) is 0 Å². The monoisotopic (exact) mass is 525 g/mol. The van der Waals surface area contributed by atoms with Crippen LogP contribution in [0.25, 0.3) is 17.1 Å². The van der Waals surface area contributed by atoms with E-state index in [2.05, 4.69) is 15.2 Å². The number of benzene rings is 2. The molecule has 1 fully saturated rings. The topological polar surface area (TPSA) is 73.1 Å².